The van der Waals surface area contributed by atoms with Crippen LogP contribution in [0.4, 0.5) is 0 Å². The van der Waals surface area contributed by atoms with E-state index in [-0.39, 0.29) is 32.9 Å². The summed E-state index contributed by atoms with van der Waals surface area (Å²) in [5, 5.41) is 3.66. The van der Waals surface area contributed by atoms with Gasteiger partial charge in [-0.3, -0.25) is 4.79 Å². The molecule has 1 saturated heterocycles. The van der Waals surface area contributed by atoms with Crippen molar-refractivity contribution in [2.45, 2.75) is 59.6 Å². The highest BCUT2D eigenvalue weighted by Gasteiger charge is 2.31. The normalized spacial score (nSPS) is 41.3. The number of carbonyl (C=O) groups is 1. The Balaban J connectivity index is 2.94. The molecule has 0 saturated carbocycles. The van der Waals surface area contributed by atoms with E-state index < -0.39 is 0 Å². The van der Waals surface area contributed by atoms with Crippen molar-refractivity contribution in [1.82, 2.24) is 5.32 Å². The van der Waals surface area contributed by atoms with Gasteiger partial charge in [-0.15, -0.1) is 0 Å². The molecule has 8 heteroatoms. The molecule has 1 aliphatic rings. The highest BCUT2D eigenvalue weighted by atomic mass is 32.1. The van der Waals surface area contributed by atoms with Crippen molar-refractivity contribution in [2.24, 2.45) is 11.8 Å². The van der Waals surface area contributed by atoms with E-state index in [1.807, 2.05) is 0 Å². The van der Waals surface area contributed by atoms with Gasteiger partial charge in [-0.2, -0.15) is 75.8 Å². The SMILES string of the molecule is CC1C(S)CC(CS)NC(=O)CC(S)CC(S)CC(S)C1CS. The van der Waals surface area contributed by atoms with Crippen LogP contribution in [0.2, 0.25) is 0 Å². The summed E-state index contributed by atoms with van der Waals surface area (Å²) in [5.41, 5.74) is 0. The third kappa shape index (κ3) is 7.77. The Kier molecular flexibility index (Phi) is 11.1. The number of thiol groups is 6. The summed E-state index contributed by atoms with van der Waals surface area (Å²) in [6, 6.07) is 0.0304. The van der Waals surface area contributed by atoms with Gasteiger partial charge >= 0.3 is 0 Å². The monoisotopic (exact) mass is 431 g/mol. The molecule has 7 atom stereocenters. The number of carbonyl (C=O) groups excluding carboxylic acids is 1. The Labute approximate surface area is 173 Å². The topological polar surface area (TPSA) is 29.1 Å². The third-order valence-corrected chi connectivity index (χ3v) is 7.53. The first-order chi connectivity index (χ1) is 10.8. The van der Waals surface area contributed by atoms with Gasteiger partial charge in [0.1, 0.15) is 0 Å². The lowest BCUT2D eigenvalue weighted by atomic mass is 9.85. The Morgan fingerprint density at radius 1 is 0.957 bits per heavy atom. The summed E-state index contributed by atoms with van der Waals surface area (Å²) in [6.07, 6.45) is 2.88. The van der Waals surface area contributed by atoms with Crippen LogP contribution in [0.25, 0.3) is 0 Å². The minimum Gasteiger partial charge on any atom is -0.352 e. The quantitative estimate of drug-likeness (QED) is 0.336. The van der Waals surface area contributed by atoms with Crippen molar-refractivity contribution in [1.29, 1.82) is 0 Å². The van der Waals surface area contributed by atoms with Crippen LogP contribution in [0.5, 0.6) is 0 Å². The van der Waals surface area contributed by atoms with Crippen molar-refractivity contribution in [2.75, 3.05) is 11.5 Å². The number of hydrogen-bond acceptors (Lipinski definition) is 7. The van der Waals surface area contributed by atoms with Crippen LogP contribution in [0.3, 0.4) is 0 Å². The number of rotatable bonds is 2. The predicted octanol–water partition coefficient (Wildman–Crippen LogP) is 3.35. The second-order valence-corrected chi connectivity index (χ2v) is 10.0. The summed E-state index contributed by atoms with van der Waals surface area (Å²) in [7, 11) is 0. The molecule has 1 fully saturated rings. The van der Waals surface area contributed by atoms with Crippen molar-refractivity contribution < 1.29 is 4.79 Å². The molecule has 1 aliphatic heterocycles. The number of amides is 1. The van der Waals surface area contributed by atoms with Crippen molar-refractivity contribution in [3.63, 3.8) is 0 Å². The summed E-state index contributed by atoms with van der Waals surface area (Å²) in [4.78, 5) is 12.2. The molecule has 1 amide bonds. The molecule has 0 spiro atoms. The molecular weight excluding hydrogens is 403 g/mol. The van der Waals surface area contributed by atoms with Crippen molar-refractivity contribution >= 4 is 81.7 Å². The maximum Gasteiger partial charge on any atom is 0.221 e. The molecule has 7 unspecified atom stereocenters. The standard InChI is InChI=1S/C15H29NOS6/c1-8-12(7-19)14(23)4-10(20)3-11(21)5-15(17)16-9(6-18)2-13(8)22/h8-14,18-23H,2-7H2,1H3,(H,16,17). The summed E-state index contributed by atoms with van der Waals surface area (Å²) < 4.78 is 0. The maximum atomic E-state index is 12.2. The van der Waals surface area contributed by atoms with E-state index in [9.17, 15) is 4.79 Å². The van der Waals surface area contributed by atoms with Crippen molar-refractivity contribution in [3.8, 4) is 0 Å². The fourth-order valence-corrected chi connectivity index (χ4v) is 6.39. The van der Waals surface area contributed by atoms with Crippen LogP contribution < -0.4 is 5.32 Å². The van der Waals surface area contributed by atoms with Gasteiger partial charge in [0.25, 0.3) is 0 Å². The average molecular weight is 432 g/mol. The molecule has 0 aromatic carbocycles. The molecule has 0 radical (unpaired) electrons. The molecule has 23 heavy (non-hydrogen) atoms. The first-order valence-electron chi connectivity index (χ1n) is 8.01. The first kappa shape index (κ1) is 22.6. The van der Waals surface area contributed by atoms with E-state index in [4.69, 9.17) is 25.3 Å². The fraction of sp³-hybridized carbons (Fsp3) is 0.933. The highest BCUT2D eigenvalue weighted by Crippen LogP contribution is 2.33. The van der Waals surface area contributed by atoms with E-state index in [0.717, 1.165) is 25.0 Å². The van der Waals surface area contributed by atoms with Crippen LogP contribution >= 0.6 is 75.8 Å². The first-order valence-corrected chi connectivity index (χ1v) is 11.3. The Hall–Kier alpha value is 1.57. The Morgan fingerprint density at radius 2 is 1.61 bits per heavy atom. The minimum atomic E-state index is 0.0121. The lowest BCUT2D eigenvalue weighted by Gasteiger charge is -2.33. The summed E-state index contributed by atoms with van der Waals surface area (Å²) in [5.74, 6) is 2.12. The van der Waals surface area contributed by atoms with E-state index in [1.165, 1.54) is 0 Å². The number of hydrogen-bond donors (Lipinski definition) is 7. The Bertz CT molecular complexity index is 372. The molecule has 1 rings (SSSR count). The molecule has 0 aromatic rings. The lowest BCUT2D eigenvalue weighted by molar-refractivity contribution is -0.121. The average Bonchev–Trinajstić information content (AvgIpc) is 2.45. The maximum absolute atomic E-state index is 12.2. The van der Waals surface area contributed by atoms with E-state index in [2.05, 4.69) is 62.8 Å². The fourth-order valence-electron chi connectivity index (χ4n) is 3.06. The number of nitrogens with one attached hydrogen (secondary N) is 1. The zero-order valence-corrected chi connectivity index (χ0v) is 18.7. The van der Waals surface area contributed by atoms with E-state index in [0.29, 0.717) is 24.0 Å². The Morgan fingerprint density at radius 3 is 2.17 bits per heavy atom. The second-order valence-electron chi connectivity index (χ2n) is 6.51. The largest absolute Gasteiger partial charge is 0.352 e. The molecule has 136 valence electrons. The van der Waals surface area contributed by atoms with Crippen LogP contribution in [0.15, 0.2) is 0 Å². The van der Waals surface area contributed by atoms with Gasteiger partial charge in [-0.1, -0.05) is 6.92 Å². The zero-order chi connectivity index (χ0) is 17.6. The lowest BCUT2D eigenvalue weighted by Crippen LogP contribution is -2.40. The summed E-state index contributed by atoms with van der Waals surface area (Å²) in [6.45, 7) is 2.20. The second kappa shape index (κ2) is 11.3. The highest BCUT2D eigenvalue weighted by molar-refractivity contribution is 7.82. The smallest absolute Gasteiger partial charge is 0.221 e. The van der Waals surface area contributed by atoms with Gasteiger partial charge in [0.15, 0.2) is 0 Å². The molecule has 0 bridgehead atoms. The zero-order valence-electron chi connectivity index (χ0n) is 13.4. The molecule has 1 N–H and O–H groups in total. The van der Waals surface area contributed by atoms with Gasteiger partial charge in [0, 0.05) is 39.2 Å². The predicted molar refractivity (Wildman–Crippen MR) is 122 cm³/mol. The third-order valence-electron chi connectivity index (χ3n) is 4.58. The van der Waals surface area contributed by atoms with Crippen LogP contribution in [0, 0.1) is 11.8 Å². The van der Waals surface area contributed by atoms with E-state index in [1.54, 1.807) is 0 Å². The van der Waals surface area contributed by atoms with Crippen LogP contribution in [0.1, 0.15) is 32.6 Å². The van der Waals surface area contributed by atoms with Gasteiger partial charge in [-0.05, 0) is 36.9 Å². The van der Waals surface area contributed by atoms with Crippen molar-refractivity contribution in [3.05, 3.63) is 0 Å². The van der Waals surface area contributed by atoms with Gasteiger partial charge in [0.05, 0.1) is 0 Å². The molecule has 1 heterocycles. The van der Waals surface area contributed by atoms with Gasteiger partial charge < -0.3 is 5.32 Å². The van der Waals surface area contributed by atoms with Crippen LogP contribution in [-0.2, 0) is 4.79 Å². The van der Waals surface area contributed by atoms with Gasteiger partial charge in [0.2, 0.25) is 5.91 Å². The minimum absolute atomic E-state index is 0.0121. The molecule has 0 aliphatic carbocycles. The molecule has 2 nitrogen and oxygen atoms in total. The molecular formula is C15H29NOS6. The van der Waals surface area contributed by atoms with Gasteiger partial charge in [-0.25, -0.2) is 0 Å². The summed E-state index contributed by atoms with van der Waals surface area (Å²) >= 11 is 27.8. The van der Waals surface area contributed by atoms with Crippen LogP contribution in [-0.4, -0.2) is 44.5 Å². The van der Waals surface area contributed by atoms with E-state index >= 15 is 0 Å². The molecule has 0 aromatic heterocycles.